The molecular formula is C18H24BrN3O3. The minimum absolute atomic E-state index is 0.0410. The first-order valence-electron chi connectivity index (χ1n) is 8.51. The molecule has 1 N–H and O–H groups in total. The van der Waals surface area contributed by atoms with E-state index >= 15 is 0 Å². The molecule has 2 saturated heterocycles. The molecule has 2 aliphatic rings. The summed E-state index contributed by atoms with van der Waals surface area (Å²) in [4.78, 5) is 28.7. The maximum Gasteiger partial charge on any atom is 0.410 e. The van der Waals surface area contributed by atoms with Crippen molar-refractivity contribution in [1.29, 1.82) is 0 Å². The topological polar surface area (TPSA) is 61.9 Å². The first-order valence-corrected chi connectivity index (χ1v) is 9.30. The van der Waals surface area contributed by atoms with Gasteiger partial charge in [-0.15, -0.1) is 0 Å². The standard InChI is InChI=1S/C18H24BrN3O3/c1-17(2,3)25-16(24)21-10-8-18(9-11-21)15(23)20-12-22(18)14-6-4-13(19)5-7-14/h4-7H,8-12H2,1-3H3,(H,20,23). The van der Waals surface area contributed by atoms with Crippen LogP contribution in [-0.2, 0) is 9.53 Å². The maximum atomic E-state index is 12.6. The molecule has 0 unspecified atom stereocenters. The van der Waals surface area contributed by atoms with Gasteiger partial charge in [0.2, 0.25) is 5.91 Å². The number of rotatable bonds is 1. The van der Waals surface area contributed by atoms with Crippen molar-refractivity contribution < 1.29 is 14.3 Å². The predicted molar refractivity (Wildman–Crippen MR) is 99.4 cm³/mol. The molecule has 1 spiro atoms. The number of nitrogens with zero attached hydrogens (tertiary/aromatic N) is 2. The second-order valence-corrected chi connectivity index (χ2v) is 8.48. The van der Waals surface area contributed by atoms with E-state index in [9.17, 15) is 9.59 Å². The lowest BCUT2D eigenvalue weighted by Gasteiger charge is -2.43. The number of carbonyl (C=O) groups excluding carboxylic acids is 2. The van der Waals surface area contributed by atoms with Crippen LogP contribution >= 0.6 is 15.9 Å². The molecule has 0 aromatic heterocycles. The average molecular weight is 410 g/mol. The van der Waals surface area contributed by atoms with Crippen molar-refractivity contribution in [3.05, 3.63) is 28.7 Å². The van der Waals surface area contributed by atoms with E-state index in [2.05, 4.69) is 26.1 Å². The molecule has 3 rings (SSSR count). The molecule has 2 amide bonds. The van der Waals surface area contributed by atoms with Crippen LogP contribution in [0.15, 0.2) is 28.7 Å². The quantitative estimate of drug-likeness (QED) is 0.773. The third-order valence-corrected chi connectivity index (χ3v) is 5.25. The van der Waals surface area contributed by atoms with E-state index in [1.54, 1.807) is 4.90 Å². The van der Waals surface area contributed by atoms with Crippen LogP contribution in [0.3, 0.4) is 0 Å². The number of nitrogens with one attached hydrogen (secondary N) is 1. The Morgan fingerprint density at radius 1 is 1.20 bits per heavy atom. The van der Waals surface area contributed by atoms with Gasteiger partial charge in [-0.3, -0.25) is 4.79 Å². The molecule has 6 nitrogen and oxygen atoms in total. The van der Waals surface area contributed by atoms with Crippen LogP contribution in [0.2, 0.25) is 0 Å². The van der Waals surface area contributed by atoms with E-state index < -0.39 is 11.1 Å². The second kappa shape index (κ2) is 6.52. The van der Waals surface area contributed by atoms with Crippen molar-refractivity contribution in [2.45, 2.75) is 44.8 Å². The monoisotopic (exact) mass is 409 g/mol. The SMILES string of the molecule is CC(C)(C)OC(=O)N1CCC2(CC1)C(=O)NCN2c1ccc(Br)cc1. The average Bonchev–Trinajstić information content (AvgIpc) is 2.84. The molecular weight excluding hydrogens is 386 g/mol. The Bertz CT molecular complexity index is 661. The minimum atomic E-state index is -0.591. The summed E-state index contributed by atoms with van der Waals surface area (Å²) in [6.45, 7) is 7.08. The number of anilines is 1. The number of amides is 2. The van der Waals surface area contributed by atoms with Crippen molar-refractivity contribution in [1.82, 2.24) is 10.2 Å². The molecule has 1 aromatic rings. The molecule has 0 atom stereocenters. The Morgan fingerprint density at radius 2 is 1.80 bits per heavy atom. The fourth-order valence-corrected chi connectivity index (χ4v) is 3.70. The molecule has 25 heavy (non-hydrogen) atoms. The van der Waals surface area contributed by atoms with Gasteiger partial charge in [-0.05, 0) is 57.9 Å². The summed E-state index contributed by atoms with van der Waals surface area (Å²) in [6.07, 6.45) is 0.874. The highest BCUT2D eigenvalue weighted by Crippen LogP contribution is 2.36. The summed E-state index contributed by atoms with van der Waals surface area (Å²) in [6, 6.07) is 7.96. The van der Waals surface area contributed by atoms with E-state index in [1.165, 1.54) is 0 Å². The van der Waals surface area contributed by atoms with Gasteiger partial charge >= 0.3 is 6.09 Å². The molecule has 136 valence electrons. The van der Waals surface area contributed by atoms with Crippen LogP contribution in [0.1, 0.15) is 33.6 Å². The van der Waals surface area contributed by atoms with Gasteiger partial charge in [0.25, 0.3) is 0 Å². The van der Waals surface area contributed by atoms with E-state index in [4.69, 9.17) is 4.74 Å². The lowest BCUT2D eigenvalue weighted by molar-refractivity contribution is -0.125. The molecule has 2 fully saturated rings. The first-order chi connectivity index (χ1) is 11.7. The van der Waals surface area contributed by atoms with Crippen LogP contribution in [0, 0.1) is 0 Å². The Kier molecular flexibility index (Phi) is 4.70. The summed E-state index contributed by atoms with van der Waals surface area (Å²) in [5.41, 5.74) is -0.0977. The zero-order valence-corrected chi connectivity index (χ0v) is 16.4. The zero-order chi connectivity index (χ0) is 18.2. The van der Waals surface area contributed by atoms with Crippen molar-refractivity contribution >= 4 is 33.6 Å². The highest BCUT2D eigenvalue weighted by Gasteiger charge is 2.51. The first kappa shape index (κ1) is 18.0. The predicted octanol–water partition coefficient (Wildman–Crippen LogP) is 3.11. The normalized spacial score (nSPS) is 19.9. The van der Waals surface area contributed by atoms with E-state index in [0.717, 1.165) is 10.2 Å². The van der Waals surface area contributed by atoms with Gasteiger partial charge < -0.3 is 19.9 Å². The Labute approximate surface area is 156 Å². The van der Waals surface area contributed by atoms with Crippen molar-refractivity contribution in [2.24, 2.45) is 0 Å². The zero-order valence-electron chi connectivity index (χ0n) is 14.8. The third kappa shape index (κ3) is 3.61. The number of likely N-dealkylation sites (tertiary alicyclic amines) is 1. The number of halogens is 1. The van der Waals surface area contributed by atoms with E-state index in [-0.39, 0.29) is 12.0 Å². The number of hydrogen-bond donors (Lipinski definition) is 1. The highest BCUT2D eigenvalue weighted by molar-refractivity contribution is 9.10. The maximum absolute atomic E-state index is 12.6. The van der Waals surface area contributed by atoms with Gasteiger partial charge in [-0.2, -0.15) is 0 Å². The number of benzene rings is 1. The van der Waals surface area contributed by atoms with Gasteiger partial charge in [0.15, 0.2) is 0 Å². The smallest absolute Gasteiger partial charge is 0.410 e. The lowest BCUT2D eigenvalue weighted by Crippen LogP contribution is -2.57. The minimum Gasteiger partial charge on any atom is -0.444 e. The lowest BCUT2D eigenvalue weighted by atomic mass is 9.86. The fraction of sp³-hybridized carbons (Fsp3) is 0.556. The summed E-state index contributed by atoms with van der Waals surface area (Å²) >= 11 is 3.44. The molecule has 2 aliphatic heterocycles. The van der Waals surface area contributed by atoms with Crippen LogP contribution in [0.25, 0.3) is 0 Å². The van der Waals surface area contributed by atoms with Crippen LogP contribution in [0.5, 0.6) is 0 Å². The summed E-state index contributed by atoms with van der Waals surface area (Å²) < 4.78 is 6.45. The number of ether oxygens (including phenoxy) is 1. The largest absolute Gasteiger partial charge is 0.444 e. The van der Waals surface area contributed by atoms with Gasteiger partial charge in [-0.1, -0.05) is 15.9 Å². The van der Waals surface area contributed by atoms with Gasteiger partial charge in [0, 0.05) is 23.2 Å². The van der Waals surface area contributed by atoms with E-state index in [1.807, 2.05) is 45.0 Å². The second-order valence-electron chi connectivity index (χ2n) is 7.57. The van der Waals surface area contributed by atoms with Crippen molar-refractivity contribution in [3.63, 3.8) is 0 Å². The Morgan fingerprint density at radius 3 is 2.36 bits per heavy atom. The van der Waals surface area contributed by atoms with Gasteiger partial charge in [0.05, 0.1) is 6.67 Å². The molecule has 0 aliphatic carbocycles. The number of piperidine rings is 1. The summed E-state index contributed by atoms with van der Waals surface area (Å²) in [5.74, 6) is 0.0410. The molecule has 0 radical (unpaired) electrons. The molecule has 7 heteroatoms. The van der Waals surface area contributed by atoms with Crippen molar-refractivity contribution in [3.8, 4) is 0 Å². The molecule has 2 heterocycles. The Balaban J connectivity index is 1.74. The summed E-state index contributed by atoms with van der Waals surface area (Å²) in [5, 5.41) is 2.97. The fourth-order valence-electron chi connectivity index (χ4n) is 3.43. The van der Waals surface area contributed by atoms with E-state index in [0.29, 0.717) is 32.6 Å². The van der Waals surface area contributed by atoms with Crippen LogP contribution in [-0.4, -0.2) is 47.8 Å². The summed E-state index contributed by atoms with van der Waals surface area (Å²) in [7, 11) is 0. The molecule has 0 bridgehead atoms. The Hall–Kier alpha value is -1.76. The highest BCUT2D eigenvalue weighted by atomic mass is 79.9. The van der Waals surface area contributed by atoms with Crippen LogP contribution < -0.4 is 10.2 Å². The van der Waals surface area contributed by atoms with Gasteiger partial charge in [0.1, 0.15) is 11.1 Å². The number of hydrogen-bond acceptors (Lipinski definition) is 4. The number of carbonyl (C=O) groups is 2. The molecule has 1 aromatic carbocycles. The van der Waals surface area contributed by atoms with Gasteiger partial charge in [-0.25, -0.2) is 4.79 Å². The van der Waals surface area contributed by atoms with Crippen molar-refractivity contribution in [2.75, 3.05) is 24.7 Å². The van der Waals surface area contributed by atoms with Crippen LogP contribution in [0.4, 0.5) is 10.5 Å². The third-order valence-electron chi connectivity index (χ3n) is 4.72. The molecule has 0 saturated carbocycles.